The molecule has 136 valence electrons. The number of methoxy groups -OCH3 is 2. The van der Waals surface area contributed by atoms with Gasteiger partial charge >= 0.3 is 0 Å². The van der Waals surface area contributed by atoms with E-state index in [0.717, 1.165) is 19.1 Å². The molecular weight excluding hydrogens is 356 g/mol. The lowest BCUT2D eigenvalue weighted by Gasteiger charge is -2.19. The molecule has 1 N–H and O–H groups in total. The largest absolute Gasteiger partial charge is 0.497 e. The number of hydrogen-bond acceptors (Lipinski definition) is 6. The Morgan fingerprint density at radius 1 is 1.17 bits per heavy atom. The first-order valence-electron chi connectivity index (χ1n) is 7.37. The molecule has 0 aliphatic heterocycles. The lowest BCUT2D eigenvalue weighted by atomic mass is 10.3. The summed E-state index contributed by atoms with van der Waals surface area (Å²) < 4.78 is 62.2. The fourth-order valence-corrected chi connectivity index (χ4v) is 4.69. The summed E-state index contributed by atoms with van der Waals surface area (Å²) in [5, 5.41) is 0. The van der Waals surface area contributed by atoms with Gasteiger partial charge in [0.05, 0.1) is 20.5 Å². The van der Waals surface area contributed by atoms with Crippen LogP contribution in [0.5, 0.6) is 11.5 Å². The van der Waals surface area contributed by atoms with Crippen LogP contribution in [0.4, 0.5) is 0 Å². The second-order valence-corrected chi connectivity index (χ2v) is 9.19. The van der Waals surface area contributed by atoms with Crippen molar-refractivity contribution in [2.45, 2.75) is 23.8 Å². The van der Waals surface area contributed by atoms with Crippen molar-refractivity contribution in [1.82, 2.24) is 9.03 Å². The van der Waals surface area contributed by atoms with Crippen LogP contribution in [-0.2, 0) is 20.0 Å². The maximum atomic E-state index is 12.4. The van der Waals surface area contributed by atoms with Crippen LogP contribution < -0.4 is 14.2 Å². The molecule has 2 rings (SSSR count). The molecule has 1 aliphatic carbocycles. The van der Waals surface area contributed by atoms with Crippen LogP contribution in [0.15, 0.2) is 23.1 Å². The SMILES string of the molecule is COc1ccc(S(=O)(=O)NCCN(C2CC2)S(C)(=O)=O)c(OC)c1. The fraction of sp³-hybridized carbons (Fsp3) is 0.571. The third-order valence-electron chi connectivity index (χ3n) is 3.66. The van der Waals surface area contributed by atoms with Crippen LogP contribution in [0.1, 0.15) is 12.8 Å². The smallest absolute Gasteiger partial charge is 0.244 e. The average molecular weight is 378 g/mol. The molecule has 0 aromatic heterocycles. The first-order chi connectivity index (χ1) is 11.2. The highest BCUT2D eigenvalue weighted by Crippen LogP contribution is 2.29. The van der Waals surface area contributed by atoms with Crippen LogP contribution in [0, 0.1) is 0 Å². The van der Waals surface area contributed by atoms with Crippen molar-refractivity contribution in [2.24, 2.45) is 0 Å². The number of nitrogens with zero attached hydrogens (tertiary/aromatic N) is 1. The van der Waals surface area contributed by atoms with Crippen molar-refractivity contribution < 1.29 is 26.3 Å². The molecule has 0 atom stereocenters. The summed E-state index contributed by atoms with van der Waals surface area (Å²) in [5.74, 6) is 0.631. The van der Waals surface area contributed by atoms with Crippen LogP contribution in [-0.4, -0.2) is 60.7 Å². The van der Waals surface area contributed by atoms with Crippen molar-refractivity contribution >= 4 is 20.0 Å². The molecule has 0 amide bonds. The van der Waals surface area contributed by atoms with Gasteiger partial charge in [-0.15, -0.1) is 0 Å². The molecule has 1 fully saturated rings. The Morgan fingerprint density at radius 2 is 1.83 bits per heavy atom. The van der Waals surface area contributed by atoms with Crippen molar-refractivity contribution in [3.05, 3.63) is 18.2 Å². The minimum absolute atomic E-state index is 0.0128. The number of rotatable bonds is 9. The molecule has 10 heteroatoms. The van der Waals surface area contributed by atoms with E-state index in [4.69, 9.17) is 9.47 Å². The highest BCUT2D eigenvalue weighted by atomic mass is 32.2. The zero-order valence-electron chi connectivity index (χ0n) is 13.9. The Morgan fingerprint density at radius 3 is 2.33 bits per heavy atom. The number of nitrogens with one attached hydrogen (secondary N) is 1. The summed E-state index contributed by atoms with van der Waals surface area (Å²) in [7, 11) is -4.34. The predicted octanol–water partition coefficient (Wildman–Crippen LogP) is 0.406. The van der Waals surface area contributed by atoms with E-state index in [2.05, 4.69) is 4.72 Å². The number of benzene rings is 1. The second-order valence-electron chi connectivity index (χ2n) is 5.52. The third-order valence-corrected chi connectivity index (χ3v) is 6.50. The summed E-state index contributed by atoms with van der Waals surface area (Å²) in [6.07, 6.45) is 2.75. The normalized spacial score (nSPS) is 15.5. The first-order valence-corrected chi connectivity index (χ1v) is 10.7. The summed E-state index contributed by atoms with van der Waals surface area (Å²) in [4.78, 5) is -0.0249. The van der Waals surface area contributed by atoms with E-state index >= 15 is 0 Å². The topological polar surface area (TPSA) is 102 Å². The van der Waals surface area contributed by atoms with Crippen LogP contribution in [0.3, 0.4) is 0 Å². The van der Waals surface area contributed by atoms with Gasteiger partial charge in [-0.05, 0) is 25.0 Å². The molecule has 1 saturated carbocycles. The van der Waals surface area contributed by atoms with E-state index in [9.17, 15) is 16.8 Å². The molecule has 0 bridgehead atoms. The van der Waals surface area contributed by atoms with Gasteiger partial charge in [0.1, 0.15) is 16.4 Å². The zero-order valence-corrected chi connectivity index (χ0v) is 15.5. The Kier molecular flexibility index (Phi) is 5.74. The van der Waals surface area contributed by atoms with E-state index in [1.54, 1.807) is 0 Å². The van der Waals surface area contributed by atoms with Gasteiger partial charge in [-0.1, -0.05) is 0 Å². The number of ether oxygens (including phenoxy) is 2. The molecule has 0 radical (unpaired) electrons. The molecule has 0 spiro atoms. The van der Waals surface area contributed by atoms with E-state index in [0.29, 0.717) is 5.75 Å². The van der Waals surface area contributed by atoms with Gasteiger partial charge in [-0.3, -0.25) is 0 Å². The van der Waals surface area contributed by atoms with Gasteiger partial charge in [-0.25, -0.2) is 21.6 Å². The number of hydrogen-bond donors (Lipinski definition) is 1. The molecule has 0 heterocycles. The van der Waals surface area contributed by atoms with Gasteiger partial charge in [0, 0.05) is 25.2 Å². The summed E-state index contributed by atoms with van der Waals surface area (Å²) in [5.41, 5.74) is 0. The van der Waals surface area contributed by atoms with Crippen molar-refractivity contribution in [3.8, 4) is 11.5 Å². The van der Waals surface area contributed by atoms with Crippen molar-refractivity contribution in [1.29, 1.82) is 0 Å². The Labute approximate surface area is 142 Å². The molecular formula is C14H22N2O6S2. The van der Waals surface area contributed by atoms with E-state index in [1.807, 2.05) is 0 Å². The first kappa shape index (κ1) is 19.0. The summed E-state index contributed by atoms with van der Waals surface area (Å²) in [6.45, 7) is 0.0856. The lowest BCUT2D eigenvalue weighted by Crippen LogP contribution is -2.39. The van der Waals surface area contributed by atoms with Gasteiger partial charge in [0.15, 0.2) is 0 Å². The Bertz CT molecular complexity index is 787. The van der Waals surface area contributed by atoms with Crippen LogP contribution in [0.2, 0.25) is 0 Å². The quantitative estimate of drug-likeness (QED) is 0.668. The molecule has 1 aliphatic rings. The molecule has 1 aromatic carbocycles. The average Bonchev–Trinajstić information content (AvgIpc) is 3.34. The van der Waals surface area contributed by atoms with Gasteiger partial charge in [0.25, 0.3) is 0 Å². The summed E-state index contributed by atoms with van der Waals surface area (Å²) in [6, 6.07) is 4.36. The van der Waals surface area contributed by atoms with Crippen molar-refractivity contribution in [3.63, 3.8) is 0 Å². The van der Waals surface area contributed by atoms with E-state index < -0.39 is 20.0 Å². The second kappa shape index (κ2) is 7.26. The Hall–Kier alpha value is -1.36. The van der Waals surface area contributed by atoms with Gasteiger partial charge in [-0.2, -0.15) is 4.31 Å². The minimum Gasteiger partial charge on any atom is -0.497 e. The monoisotopic (exact) mass is 378 g/mol. The van der Waals surface area contributed by atoms with Crippen LogP contribution in [0.25, 0.3) is 0 Å². The molecule has 8 nitrogen and oxygen atoms in total. The van der Waals surface area contributed by atoms with E-state index in [1.165, 1.54) is 36.7 Å². The molecule has 24 heavy (non-hydrogen) atoms. The maximum Gasteiger partial charge on any atom is 0.244 e. The summed E-state index contributed by atoms with van der Waals surface area (Å²) >= 11 is 0. The van der Waals surface area contributed by atoms with Gasteiger partial charge < -0.3 is 9.47 Å². The highest BCUT2D eigenvalue weighted by Gasteiger charge is 2.34. The van der Waals surface area contributed by atoms with E-state index in [-0.39, 0.29) is 29.8 Å². The molecule has 0 unspecified atom stereocenters. The fourth-order valence-electron chi connectivity index (χ4n) is 2.35. The van der Waals surface area contributed by atoms with Crippen molar-refractivity contribution in [2.75, 3.05) is 33.6 Å². The zero-order chi connectivity index (χ0) is 18.0. The number of sulfonamides is 2. The van der Waals surface area contributed by atoms with Gasteiger partial charge in [0.2, 0.25) is 20.0 Å². The highest BCUT2D eigenvalue weighted by molar-refractivity contribution is 7.89. The predicted molar refractivity (Wildman–Crippen MR) is 89.3 cm³/mol. The maximum absolute atomic E-state index is 12.4. The standard InChI is InChI=1S/C14H22N2O6S2/c1-21-12-6-7-14(13(10-12)22-2)24(19,20)15-8-9-16(11-4-5-11)23(3,17)18/h6-7,10-11,15H,4-5,8-9H2,1-3H3. The third kappa shape index (κ3) is 4.59. The van der Waals surface area contributed by atoms with Crippen LogP contribution >= 0.6 is 0 Å². The Balaban J connectivity index is 2.09. The molecule has 1 aromatic rings. The lowest BCUT2D eigenvalue weighted by molar-refractivity contribution is 0.385. The minimum atomic E-state index is -3.83. The molecule has 0 saturated heterocycles.